The number of amides is 3. The lowest BCUT2D eigenvalue weighted by Gasteiger charge is -2.27. The molecule has 0 atom stereocenters. The molecule has 1 heterocycles. The third-order valence-corrected chi connectivity index (χ3v) is 4.02. The van der Waals surface area contributed by atoms with Gasteiger partial charge in [0.05, 0.1) is 17.2 Å². The fraction of sp³-hybridized carbons (Fsp3) is 0.0667. The van der Waals surface area contributed by atoms with Gasteiger partial charge < -0.3 is 0 Å². The smallest absolute Gasteiger partial charge is 0.272 e. The van der Waals surface area contributed by atoms with Gasteiger partial charge in [-0.25, -0.2) is 0 Å². The highest BCUT2D eigenvalue weighted by molar-refractivity contribution is 9.10. The molecule has 1 aliphatic rings. The fourth-order valence-corrected chi connectivity index (χ4v) is 2.86. The molecule has 2 aromatic carbocycles. The van der Waals surface area contributed by atoms with Crippen molar-refractivity contribution in [3.05, 3.63) is 45.9 Å². The largest absolute Gasteiger partial charge is 0.280 e. The van der Waals surface area contributed by atoms with Gasteiger partial charge in [0.25, 0.3) is 17.7 Å². The van der Waals surface area contributed by atoms with Crippen LogP contribution in [0.3, 0.4) is 0 Å². The fourth-order valence-electron chi connectivity index (χ4n) is 2.40. The zero-order valence-electron chi connectivity index (χ0n) is 11.1. The zero-order chi connectivity index (χ0) is 15.9. The van der Waals surface area contributed by atoms with E-state index in [0.29, 0.717) is 21.5 Å². The van der Waals surface area contributed by atoms with Crippen LogP contribution < -0.4 is 5.43 Å². The number of hydrogen-bond donors (Lipinski definition) is 1. The monoisotopic (exact) mass is 357 g/mol. The summed E-state index contributed by atoms with van der Waals surface area (Å²) in [5.41, 5.74) is 2.83. The number of rotatable bonds is 2. The quantitative estimate of drug-likeness (QED) is 0.833. The maximum Gasteiger partial charge on any atom is 0.280 e. The first-order valence-electron chi connectivity index (χ1n) is 6.31. The summed E-state index contributed by atoms with van der Waals surface area (Å²) >= 11 is 3.39. The molecule has 0 bridgehead atoms. The summed E-state index contributed by atoms with van der Waals surface area (Å²) in [5, 5.41) is 10.5. The van der Waals surface area contributed by atoms with Crippen molar-refractivity contribution < 1.29 is 14.4 Å². The molecule has 108 valence electrons. The lowest BCUT2D eigenvalue weighted by atomic mass is 9.95. The van der Waals surface area contributed by atoms with Crippen molar-refractivity contribution in [3.8, 4) is 6.07 Å². The standard InChI is InChI=1S/C15H8BrN3O3/c16-11-5-4-10-13-8(11)2-1-3-9(13)14(21)19(15(10)22)18-12(20)6-7-17/h1-5H,6H2,(H,18,20). The van der Waals surface area contributed by atoms with Crippen LogP contribution in [-0.2, 0) is 4.79 Å². The number of halogens is 1. The first kappa shape index (κ1) is 14.2. The summed E-state index contributed by atoms with van der Waals surface area (Å²) in [5.74, 6) is -1.95. The van der Waals surface area contributed by atoms with Gasteiger partial charge in [-0.1, -0.05) is 28.1 Å². The van der Waals surface area contributed by atoms with Gasteiger partial charge in [-0.3, -0.25) is 19.8 Å². The first-order chi connectivity index (χ1) is 10.5. The molecule has 22 heavy (non-hydrogen) atoms. The minimum atomic E-state index is -0.711. The SMILES string of the molecule is N#CCC(=O)NN1C(=O)c2cccc3c(Br)ccc(c23)C1=O. The average molecular weight is 358 g/mol. The summed E-state index contributed by atoms with van der Waals surface area (Å²) in [6.07, 6.45) is -0.436. The van der Waals surface area contributed by atoms with E-state index in [2.05, 4.69) is 21.4 Å². The highest BCUT2D eigenvalue weighted by atomic mass is 79.9. The summed E-state index contributed by atoms with van der Waals surface area (Å²) in [6, 6.07) is 10.1. The van der Waals surface area contributed by atoms with Crippen molar-refractivity contribution in [1.29, 1.82) is 5.26 Å². The Morgan fingerprint density at radius 1 is 1.18 bits per heavy atom. The van der Waals surface area contributed by atoms with E-state index in [4.69, 9.17) is 5.26 Å². The third-order valence-electron chi connectivity index (χ3n) is 3.33. The number of nitriles is 1. The third kappa shape index (κ3) is 2.05. The van der Waals surface area contributed by atoms with E-state index in [9.17, 15) is 14.4 Å². The molecule has 0 fully saturated rings. The lowest BCUT2D eigenvalue weighted by molar-refractivity contribution is -0.123. The van der Waals surface area contributed by atoms with Crippen molar-refractivity contribution in [2.24, 2.45) is 0 Å². The van der Waals surface area contributed by atoms with Crippen molar-refractivity contribution >= 4 is 44.4 Å². The van der Waals surface area contributed by atoms with Gasteiger partial charge in [0.1, 0.15) is 6.42 Å². The molecule has 7 heteroatoms. The summed E-state index contributed by atoms with van der Waals surface area (Å²) in [4.78, 5) is 36.4. The van der Waals surface area contributed by atoms with E-state index in [1.165, 1.54) is 0 Å². The van der Waals surface area contributed by atoms with Crippen molar-refractivity contribution in [2.75, 3.05) is 0 Å². The van der Waals surface area contributed by atoms with Crippen LogP contribution >= 0.6 is 15.9 Å². The molecule has 3 rings (SSSR count). The van der Waals surface area contributed by atoms with Crippen LogP contribution in [0.25, 0.3) is 10.8 Å². The highest BCUT2D eigenvalue weighted by Gasteiger charge is 2.34. The molecule has 0 spiro atoms. The van der Waals surface area contributed by atoms with Crippen LogP contribution in [0, 0.1) is 11.3 Å². The number of nitrogens with zero attached hydrogens (tertiary/aromatic N) is 2. The maximum atomic E-state index is 12.5. The van der Waals surface area contributed by atoms with Gasteiger partial charge in [-0.15, -0.1) is 0 Å². The van der Waals surface area contributed by atoms with E-state index in [1.807, 2.05) is 0 Å². The molecule has 0 aliphatic carbocycles. The van der Waals surface area contributed by atoms with Gasteiger partial charge in [-0.05, 0) is 23.6 Å². The summed E-state index contributed by atoms with van der Waals surface area (Å²) in [7, 11) is 0. The summed E-state index contributed by atoms with van der Waals surface area (Å²) in [6.45, 7) is 0. The minimum absolute atomic E-state index is 0.325. The number of hydrogen-bond acceptors (Lipinski definition) is 4. The number of carbonyl (C=O) groups is 3. The van der Waals surface area contributed by atoms with E-state index >= 15 is 0 Å². The Hall–Kier alpha value is -2.72. The average Bonchev–Trinajstić information content (AvgIpc) is 2.51. The Kier molecular flexibility index (Phi) is 3.39. The van der Waals surface area contributed by atoms with Crippen LogP contribution in [0.1, 0.15) is 27.1 Å². The normalized spacial score (nSPS) is 13.2. The number of benzene rings is 2. The van der Waals surface area contributed by atoms with Crippen molar-refractivity contribution in [1.82, 2.24) is 10.4 Å². The Labute approximate surface area is 133 Å². The summed E-state index contributed by atoms with van der Waals surface area (Å²) < 4.78 is 0.774. The van der Waals surface area contributed by atoms with Gasteiger partial charge in [-0.2, -0.15) is 10.3 Å². The van der Waals surface area contributed by atoms with Crippen LogP contribution in [0.2, 0.25) is 0 Å². The first-order valence-corrected chi connectivity index (χ1v) is 7.10. The second kappa shape index (κ2) is 5.24. The van der Waals surface area contributed by atoms with E-state index in [0.717, 1.165) is 9.86 Å². The minimum Gasteiger partial charge on any atom is -0.272 e. The lowest BCUT2D eigenvalue weighted by Crippen LogP contribution is -2.51. The molecular weight excluding hydrogens is 350 g/mol. The molecule has 3 amide bonds. The van der Waals surface area contributed by atoms with Gasteiger partial charge in [0, 0.05) is 9.86 Å². The van der Waals surface area contributed by atoms with Crippen LogP contribution in [0.15, 0.2) is 34.8 Å². The number of hydrazine groups is 1. The maximum absolute atomic E-state index is 12.5. The molecule has 1 aliphatic heterocycles. The predicted octanol–water partition coefficient (Wildman–Crippen LogP) is 2.14. The Morgan fingerprint density at radius 2 is 1.86 bits per heavy atom. The molecule has 0 saturated heterocycles. The molecule has 0 radical (unpaired) electrons. The number of carbonyl (C=O) groups excluding carboxylic acids is 3. The number of nitrogens with one attached hydrogen (secondary N) is 1. The molecule has 6 nitrogen and oxygen atoms in total. The van der Waals surface area contributed by atoms with E-state index in [1.54, 1.807) is 36.4 Å². The molecule has 0 saturated carbocycles. The van der Waals surface area contributed by atoms with Gasteiger partial charge in [0.15, 0.2) is 0 Å². The second-order valence-corrected chi connectivity index (χ2v) is 5.49. The topological polar surface area (TPSA) is 90.3 Å². The zero-order valence-corrected chi connectivity index (χ0v) is 12.7. The van der Waals surface area contributed by atoms with E-state index in [-0.39, 0.29) is 0 Å². The van der Waals surface area contributed by atoms with Gasteiger partial charge in [0.2, 0.25) is 0 Å². The Bertz CT molecular complexity index is 863. The molecule has 0 aromatic heterocycles. The highest BCUT2D eigenvalue weighted by Crippen LogP contribution is 2.33. The number of imide groups is 1. The van der Waals surface area contributed by atoms with Gasteiger partial charge >= 0.3 is 0 Å². The van der Waals surface area contributed by atoms with Crippen LogP contribution in [-0.4, -0.2) is 22.7 Å². The van der Waals surface area contributed by atoms with Crippen molar-refractivity contribution in [2.45, 2.75) is 6.42 Å². The molecule has 2 aromatic rings. The second-order valence-electron chi connectivity index (χ2n) is 4.64. The molecular formula is C15H8BrN3O3. The van der Waals surface area contributed by atoms with Crippen LogP contribution in [0.4, 0.5) is 0 Å². The van der Waals surface area contributed by atoms with Crippen LogP contribution in [0.5, 0.6) is 0 Å². The van der Waals surface area contributed by atoms with E-state index < -0.39 is 24.1 Å². The Balaban J connectivity index is 2.15. The Morgan fingerprint density at radius 3 is 2.55 bits per heavy atom. The predicted molar refractivity (Wildman–Crippen MR) is 80.5 cm³/mol. The molecule has 1 N–H and O–H groups in total. The van der Waals surface area contributed by atoms with Crippen molar-refractivity contribution in [3.63, 3.8) is 0 Å². The molecule has 0 unspecified atom stereocenters.